The van der Waals surface area contributed by atoms with E-state index in [0.29, 0.717) is 27.4 Å². The minimum absolute atomic E-state index is 0.193. The molecule has 0 aromatic heterocycles. The second-order valence-corrected chi connectivity index (χ2v) is 6.88. The van der Waals surface area contributed by atoms with E-state index in [1.807, 2.05) is 24.5 Å². The van der Waals surface area contributed by atoms with Crippen LogP contribution in [0.3, 0.4) is 0 Å². The Kier molecular flexibility index (Phi) is 5.76. The van der Waals surface area contributed by atoms with Crippen LogP contribution in [0.1, 0.15) is 26.3 Å². The predicted octanol–water partition coefficient (Wildman–Crippen LogP) is 5.55. The number of hydrogen-bond acceptors (Lipinski definition) is 3. The molecule has 5 heteroatoms. The molecule has 26 heavy (non-hydrogen) atoms. The van der Waals surface area contributed by atoms with Crippen LogP contribution in [0.2, 0.25) is 5.02 Å². The first-order valence-electron chi connectivity index (χ1n) is 7.93. The maximum Gasteiger partial charge on any atom is 0.255 e. The summed E-state index contributed by atoms with van der Waals surface area (Å²) >= 11 is 7.68. The lowest BCUT2D eigenvalue weighted by Gasteiger charge is -2.11. The Labute approximate surface area is 161 Å². The zero-order valence-corrected chi connectivity index (χ0v) is 15.6. The molecule has 0 fully saturated rings. The molecule has 3 nitrogen and oxygen atoms in total. The van der Waals surface area contributed by atoms with Crippen molar-refractivity contribution in [2.45, 2.75) is 4.90 Å². The number of halogens is 1. The first-order valence-corrected chi connectivity index (χ1v) is 9.53. The molecule has 1 N–H and O–H groups in total. The zero-order chi connectivity index (χ0) is 18.5. The van der Waals surface area contributed by atoms with Crippen molar-refractivity contribution in [2.24, 2.45) is 0 Å². The fraction of sp³-hybridized carbons (Fsp3) is 0.0476. The normalized spacial score (nSPS) is 10.4. The number of benzene rings is 3. The van der Waals surface area contributed by atoms with Crippen molar-refractivity contribution in [3.8, 4) is 0 Å². The molecule has 3 aromatic rings. The molecular formula is C21H16ClNO2S. The second kappa shape index (κ2) is 8.21. The summed E-state index contributed by atoms with van der Waals surface area (Å²) < 4.78 is 0. The fourth-order valence-electron chi connectivity index (χ4n) is 2.50. The van der Waals surface area contributed by atoms with Gasteiger partial charge in [0.1, 0.15) is 0 Å². The molecule has 0 aliphatic carbocycles. The van der Waals surface area contributed by atoms with Gasteiger partial charge in [0, 0.05) is 26.6 Å². The lowest BCUT2D eigenvalue weighted by atomic mass is 10.0. The average Bonchev–Trinajstić information content (AvgIpc) is 2.69. The number of rotatable bonds is 5. The van der Waals surface area contributed by atoms with Crippen LogP contribution < -0.4 is 5.32 Å². The minimum atomic E-state index is -0.276. The van der Waals surface area contributed by atoms with Gasteiger partial charge in [-0.3, -0.25) is 9.59 Å². The monoisotopic (exact) mass is 381 g/mol. The average molecular weight is 382 g/mol. The predicted molar refractivity (Wildman–Crippen MR) is 108 cm³/mol. The fourth-order valence-corrected chi connectivity index (χ4v) is 3.08. The molecule has 1 amide bonds. The van der Waals surface area contributed by atoms with E-state index in [0.717, 1.165) is 4.90 Å². The SMILES string of the molecule is CSc1ccc(C(=O)Nc2ccc(Cl)cc2C(=O)c2ccccc2)cc1. The summed E-state index contributed by atoms with van der Waals surface area (Å²) in [5.74, 6) is -0.469. The summed E-state index contributed by atoms with van der Waals surface area (Å²) in [5.41, 5.74) is 1.85. The third kappa shape index (κ3) is 4.15. The molecule has 0 bridgehead atoms. The number of thioether (sulfide) groups is 1. The molecule has 0 radical (unpaired) electrons. The Morgan fingerprint density at radius 1 is 0.885 bits per heavy atom. The Balaban J connectivity index is 1.90. The quantitative estimate of drug-likeness (QED) is 0.466. The molecule has 0 aliphatic heterocycles. The van der Waals surface area contributed by atoms with Gasteiger partial charge in [-0.1, -0.05) is 41.9 Å². The number of carbonyl (C=O) groups is 2. The van der Waals surface area contributed by atoms with E-state index in [1.54, 1.807) is 66.4 Å². The molecule has 0 saturated carbocycles. The van der Waals surface area contributed by atoms with Gasteiger partial charge < -0.3 is 5.32 Å². The maximum atomic E-state index is 12.8. The highest BCUT2D eigenvalue weighted by atomic mass is 35.5. The maximum absolute atomic E-state index is 12.8. The molecule has 0 aliphatic rings. The Bertz CT molecular complexity index is 940. The minimum Gasteiger partial charge on any atom is -0.321 e. The van der Waals surface area contributed by atoms with Gasteiger partial charge in [0.2, 0.25) is 0 Å². The van der Waals surface area contributed by atoms with Crippen LogP contribution in [0.25, 0.3) is 0 Å². The van der Waals surface area contributed by atoms with Gasteiger partial charge in [-0.2, -0.15) is 0 Å². The molecular weight excluding hydrogens is 366 g/mol. The van der Waals surface area contributed by atoms with Gasteiger partial charge in [-0.25, -0.2) is 0 Å². The molecule has 0 unspecified atom stereocenters. The van der Waals surface area contributed by atoms with E-state index >= 15 is 0 Å². The number of hydrogen-bond donors (Lipinski definition) is 1. The second-order valence-electron chi connectivity index (χ2n) is 5.57. The van der Waals surface area contributed by atoms with Gasteiger partial charge in [0.05, 0.1) is 5.69 Å². The molecule has 0 saturated heterocycles. The highest BCUT2D eigenvalue weighted by Gasteiger charge is 2.16. The van der Waals surface area contributed by atoms with Crippen LogP contribution in [0.4, 0.5) is 5.69 Å². The highest BCUT2D eigenvalue weighted by molar-refractivity contribution is 7.98. The van der Waals surface area contributed by atoms with Crippen LogP contribution in [-0.2, 0) is 0 Å². The number of carbonyl (C=O) groups excluding carboxylic acids is 2. The van der Waals surface area contributed by atoms with Crippen molar-refractivity contribution in [3.63, 3.8) is 0 Å². The first-order chi connectivity index (χ1) is 12.6. The third-order valence-corrected chi connectivity index (χ3v) is 4.84. The summed E-state index contributed by atoms with van der Waals surface area (Å²) in [6.45, 7) is 0. The van der Waals surface area contributed by atoms with Crippen molar-refractivity contribution >= 4 is 40.7 Å². The van der Waals surface area contributed by atoms with Crippen molar-refractivity contribution in [1.29, 1.82) is 0 Å². The Morgan fingerprint density at radius 2 is 1.58 bits per heavy atom. The highest BCUT2D eigenvalue weighted by Crippen LogP contribution is 2.24. The topological polar surface area (TPSA) is 46.2 Å². The molecule has 130 valence electrons. The van der Waals surface area contributed by atoms with E-state index in [9.17, 15) is 9.59 Å². The van der Waals surface area contributed by atoms with Gasteiger partial charge in [-0.05, 0) is 48.7 Å². The number of ketones is 1. The molecule has 0 heterocycles. The van der Waals surface area contributed by atoms with Crippen LogP contribution in [-0.4, -0.2) is 17.9 Å². The number of anilines is 1. The summed E-state index contributed by atoms with van der Waals surface area (Å²) in [6, 6.07) is 21.1. The van der Waals surface area contributed by atoms with Crippen LogP contribution in [0.5, 0.6) is 0 Å². The zero-order valence-electron chi connectivity index (χ0n) is 14.0. The van der Waals surface area contributed by atoms with E-state index in [1.165, 1.54) is 0 Å². The van der Waals surface area contributed by atoms with Gasteiger partial charge >= 0.3 is 0 Å². The largest absolute Gasteiger partial charge is 0.321 e. The number of nitrogens with one attached hydrogen (secondary N) is 1. The molecule has 0 atom stereocenters. The van der Waals surface area contributed by atoms with E-state index in [4.69, 9.17) is 11.6 Å². The summed E-state index contributed by atoms with van der Waals surface area (Å²) in [6.07, 6.45) is 1.98. The lowest BCUT2D eigenvalue weighted by molar-refractivity contribution is 0.102. The standard InChI is InChI=1S/C21H16ClNO2S/c1-26-17-10-7-15(8-11-17)21(25)23-19-12-9-16(22)13-18(19)20(24)14-5-3-2-4-6-14/h2-13H,1H3,(H,23,25). The lowest BCUT2D eigenvalue weighted by Crippen LogP contribution is -2.15. The van der Waals surface area contributed by atoms with Crippen molar-refractivity contribution in [2.75, 3.05) is 11.6 Å². The van der Waals surface area contributed by atoms with Crippen molar-refractivity contribution in [3.05, 3.63) is 94.5 Å². The van der Waals surface area contributed by atoms with Crippen molar-refractivity contribution < 1.29 is 9.59 Å². The van der Waals surface area contributed by atoms with E-state index < -0.39 is 0 Å². The van der Waals surface area contributed by atoms with Crippen molar-refractivity contribution in [1.82, 2.24) is 0 Å². The Hall–Kier alpha value is -2.56. The number of amides is 1. The van der Waals surface area contributed by atoms with Crippen LogP contribution in [0.15, 0.2) is 77.7 Å². The van der Waals surface area contributed by atoms with Crippen LogP contribution >= 0.6 is 23.4 Å². The first kappa shape index (κ1) is 18.2. The van der Waals surface area contributed by atoms with Gasteiger partial charge in [0.25, 0.3) is 5.91 Å². The molecule has 3 rings (SSSR count). The van der Waals surface area contributed by atoms with Crippen LogP contribution in [0, 0.1) is 0 Å². The van der Waals surface area contributed by atoms with E-state index in [2.05, 4.69) is 5.32 Å². The third-order valence-electron chi connectivity index (χ3n) is 3.86. The Morgan fingerprint density at radius 3 is 2.23 bits per heavy atom. The summed E-state index contributed by atoms with van der Waals surface area (Å²) in [7, 11) is 0. The van der Waals surface area contributed by atoms with E-state index in [-0.39, 0.29) is 11.7 Å². The summed E-state index contributed by atoms with van der Waals surface area (Å²) in [4.78, 5) is 26.4. The molecule has 3 aromatic carbocycles. The van der Waals surface area contributed by atoms with Gasteiger partial charge in [0.15, 0.2) is 5.78 Å². The van der Waals surface area contributed by atoms with Gasteiger partial charge in [-0.15, -0.1) is 11.8 Å². The summed E-state index contributed by atoms with van der Waals surface area (Å²) in [5, 5.41) is 3.25. The molecule has 0 spiro atoms. The smallest absolute Gasteiger partial charge is 0.255 e.